The summed E-state index contributed by atoms with van der Waals surface area (Å²) in [5, 5.41) is 23.8. The molecule has 2 heterocycles. The predicted molar refractivity (Wildman–Crippen MR) is 93.5 cm³/mol. The summed E-state index contributed by atoms with van der Waals surface area (Å²) in [4.78, 5) is 24.2. The molecule has 1 aromatic rings. The third-order valence-corrected chi connectivity index (χ3v) is 5.78. The number of hydrogen-bond acceptors (Lipinski definition) is 7. The second-order valence-corrected chi connectivity index (χ2v) is 7.58. The third kappa shape index (κ3) is 4.62. The Kier molecular flexibility index (Phi) is 5.77. The molecule has 2 aliphatic heterocycles. The van der Waals surface area contributed by atoms with Gasteiger partial charge < -0.3 is 20.1 Å². The summed E-state index contributed by atoms with van der Waals surface area (Å²) in [5.41, 5.74) is 0.722. The fourth-order valence-corrected chi connectivity index (χ4v) is 4.42. The van der Waals surface area contributed by atoms with Crippen molar-refractivity contribution in [3.63, 3.8) is 0 Å². The summed E-state index contributed by atoms with van der Waals surface area (Å²) in [7, 11) is 0. The molecule has 0 saturated carbocycles. The lowest BCUT2D eigenvalue weighted by Gasteiger charge is -2.34. The average molecular weight is 367 g/mol. The lowest BCUT2D eigenvalue weighted by atomic mass is 10.1. The van der Waals surface area contributed by atoms with Gasteiger partial charge in [-0.2, -0.15) is 11.8 Å². The van der Waals surface area contributed by atoms with Crippen LogP contribution in [0.4, 0.5) is 10.5 Å². The van der Waals surface area contributed by atoms with Gasteiger partial charge in [0.15, 0.2) is 0 Å². The molecule has 0 spiro atoms. The maximum Gasteiger partial charge on any atom is 0.410 e. The Balaban J connectivity index is 1.49. The number of non-ortho nitro benzene ring substituents is 1. The Morgan fingerprint density at radius 3 is 2.84 bits per heavy atom. The third-order valence-electron chi connectivity index (χ3n) is 4.45. The highest BCUT2D eigenvalue weighted by Crippen LogP contribution is 2.26. The number of hydrogen-bond donors (Lipinski definition) is 2. The lowest BCUT2D eigenvalue weighted by molar-refractivity contribution is -0.384. The van der Waals surface area contributed by atoms with Gasteiger partial charge in [0.1, 0.15) is 6.61 Å². The highest BCUT2D eigenvalue weighted by Gasteiger charge is 2.34. The SMILES string of the molecule is O=C(OCc1ccc([N+](=O)[O-])cc1)N1CCSC([C@@H]2C[C@@H](O)CN2)C1. The van der Waals surface area contributed by atoms with Crippen LogP contribution in [-0.4, -0.2) is 63.8 Å². The Labute approximate surface area is 149 Å². The van der Waals surface area contributed by atoms with Crippen molar-refractivity contribution < 1.29 is 19.6 Å². The molecule has 1 unspecified atom stereocenters. The lowest BCUT2D eigenvalue weighted by Crippen LogP contribution is -2.48. The summed E-state index contributed by atoms with van der Waals surface area (Å²) in [5.74, 6) is 0.839. The van der Waals surface area contributed by atoms with Crippen LogP contribution in [-0.2, 0) is 11.3 Å². The number of carbonyl (C=O) groups excluding carboxylic acids is 1. The molecule has 2 aliphatic rings. The van der Waals surface area contributed by atoms with Crippen LogP contribution in [0.25, 0.3) is 0 Å². The van der Waals surface area contributed by atoms with Crippen molar-refractivity contribution in [2.24, 2.45) is 0 Å². The highest BCUT2D eigenvalue weighted by atomic mass is 32.2. The molecular formula is C16H21N3O5S. The number of rotatable bonds is 4. The van der Waals surface area contributed by atoms with Gasteiger partial charge in [0.2, 0.25) is 0 Å². The Morgan fingerprint density at radius 1 is 1.44 bits per heavy atom. The maximum atomic E-state index is 12.3. The Bertz CT molecular complexity index is 627. The molecule has 136 valence electrons. The largest absolute Gasteiger partial charge is 0.445 e. The van der Waals surface area contributed by atoms with Crippen molar-refractivity contribution in [2.45, 2.75) is 30.4 Å². The van der Waals surface area contributed by atoms with E-state index in [1.54, 1.807) is 17.0 Å². The fourth-order valence-electron chi connectivity index (χ4n) is 3.07. The van der Waals surface area contributed by atoms with Gasteiger partial charge >= 0.3 is 6.09 Å². The van der Waals surface area contributed by atoms with Gasteiger partial charge in [-0.15, -0.1) is 0 Å². The number of thioether (sulfide) groups is 1. The van der Waals surface area contributed by atoms with Crippen LogP contribution in [0.5, 0.6) is 0 Å². The maximum absolute atomic E-state index is 12.3. The molecule has 1 aromatic carbocycles. The number of aliphatic hydroxyl groups is 1. The molecule has 1 amide bonds. The number of benzene rings is 1. The van der Waals surface area contributed by atoms with E-state index in [0.29, 0.717) is 31.6 Å². The van der Waals surface area contributed by atoms with Crippen LogP contribution in [0, 0.1) is 10.1 Å². The first kappa shape index (κ1) is 18.0. The normalized spacial score (nSPS) is 26.4. The number of nitrogens with zero attached hydrogens (tertiary/aromatic N) is 2. The van der Waals surface area contributed by atoms with Crippen LogP contribution in [0.15, 0.2) is 24.3 Å². The smallest absolute Gasteiger partial charge is 0.410 e. The number of nitro benzene ring substituents is 1. The second kappa shape index (κ2) is 8.03. The molecule has 2 saturated heterocycles. The van der Waals surface area contributed by atoms with Crippen LogP contribution in [0.3, 0.4) is 0 Å². The molecule has 2 N–H and O–H groups in total. The van der Waals surface area contributed by atoms with Gasteiger partial charge in [-0.25, -0.2) is 4.79 Å². The number of nitrogens with one attached hydrogen (secondary N) is 1. The summed E-state index contributed by atoms with van der Waals surface area (Å²) < 4.78 is 5.34. The van der Waals surface area contributed by atoms with Crippen LogP contribution in [0.1, 0.15) is 12.0 Å². The van der Waals surface area contributed by atoms with E-state index in [9.17, 15) is 20.0 Å². The molecule has 0 bridgehead atoms. The zero-order valence-corrected chi connectivity index (χ0v) is 14.5. The van der Waals surface area contributed by atoms with Crippen molar-refractivity contribution >= 4 is 23.5 Å². The molecule has 0 aromatic heterocycles. The van der Waals surface area contributed by atoms with E-state index in [0.717, 1.165) is 5.75 Å². The number of nitro groups is 1. The van der Waals surface area contributed by atoms with E-state index in [1.807, 2.05) is 11.8 Å². The Morgan fingerprint density at radius 2 is 2.20 bits per heavy atom. The Hall–Kier alpha value is -1.84. The van der Waals surface area contributed by atoms with E-state index in [4.69, 9.17) is 4.74 Å². The van der Waals surface area contributed by atoms with Crippen molar-refractivity contribution in [1.29, 1.82) is 0 Å². The minimum Gasteiger partial charge on any atom is -0.445 e. The second-order valence-electron chi connectivity index (χ2n) is 6.24. The van der Waals surface area contributed by atoms with Gasteiger partial charge in [-0.1, -0.05) is 0 Å². The molecule has 25 heavy (non-hydrogen) atoms. The molecule has 2 fully saturated rings. The molecule has 0 radical (unpaired) electrons. The van der Waals surface area contributed by atoms with E-state index < -0.39 is 4.92 Å². The zero-order chi connectivity index (χ0) is 17.8. The number of amides is 1. The highest BCUT2D eigenvalue weighted by molar-refractivity contribution is 8.00. The van der Waals surface area contributed by atoms with Gasteiger partial charge in [-0.05, 0) is 24.1 Å². The average Bonchev–Trinajstić information content (AvgIpc) is 3.06. The summed E-state index contributed by atoms with van der Waals surface area (Å²) >= 11 is 1.82. The van der Waals surface area contributed by atoms with Gasteiger partial charge in [0.05, 0.1) is 11.0 Å². The topological polar surface area (TPSA) is 105 Å². The number of aliphatic hydroxyl groups excluding tert-OH is 1. The monoisotopic (exact) mass is 367 g/mol. The first-order chi connectivity index (χ1) is 12.0. The fraction of sp³-hybridized carbons (Fsp3) is 0.562. The summed E-state index contributed by atoms with van der Waals surface area (Å²) in [6.07, 6.45) is 0.0286. The van der Waals surface area contributed by atoms with Crippen molar-refractivity contribution in [1.82, 2.24) is 10.2 Å². The number of ether oxygens (including phenoxy) is 1. The predicted octanol–water partition coefficient (Wildman–Crippen LogP) is 1.37. The van der Waals surface area contributed by atoms with Gasteiger partial charge in [0.25, 0.3) is 5.69 Å². The van der Waals surface area contributed by atoms with Crippen LogP contribution < -0.4 is 5.32 Å². The summed E-state index contributed by atoms with van der Waals surface area (Å²) in [6.45, 7) is 1.92. The van der Waals surface area contributed by atoms with Crippen molar-refractivity contribution in [2.75, 3.05) is 25.4 Å². The molecular weight excluding hydrogens is 346 g/mol. The van der Waals surface area contributed by atoms with Crippen molar-refractivity contribution in [3.8, 4) is 0 Å². The molecule has 3 atom stereocenters. The number of carbonyl (C=O) groups is 1. The first-order valence-electron chi connectivity index (χ1n) is 8.21. The first-order valence-corrected chi connectivity index (χ1v) is 9.26. The van der Waals surface area contributed by atoms with Gasteiger partial charge in [-0.3, -0.25) is 10.1 Å². The molecule has 0 aliphatic carbocycles. The van der Waals surface area contributed by atoms with E-state index in [-0.39, 0.29) is 35.8 Å². The number of β-amino-alcohol motifs (C(OH)–C–C–N with tert-alkyl or cyclic N) is 1. The molecule has 3 rings (SSSR count). The van der Waals surface area contributed by atoms with E-state index in [1.165, 1.54) is 12.1 Å². The minimum absolute atomic E-state index is 0.0113. The van der Waals surface area contributed by atoms with Gasteiger partial charge in [0, 0.05) is 48.8 Å². The van der Waals surface area contributed by atoms with E-state index >= 15 is 0 Å². The zero-order valence-electron chi connectivity index (χ0n) is 13.7. The molecule has 9 heteroatoms. The summed E-state index contributed by atoms with van der Waals surface area (Å²) in [6, 6.07) is 6.18. The quantitative estimate of drug-likeness (QED) is 0.612. The minimum atomic E-state index is -0.463. The van der Waals surface area contributed by atoms with Crippen LogP contribution >= 0.6 is 11.8 Å². The standard InChI is InChI=1S/C16H21N3O5S/c20-13-7-14(17-8-13)15-9-18(5-6-25-15)16(21)24-10-11-1-3-12(4-2-11)19(22)23/h1-4,13-15,17,20H,5-10H2/t13-,14+,15?/m1/s1. The molecule has 8 nitrogen and oxygen atoms in total. The van der Waals surface area contributed by atoms with Crippen molar-refractivity contribution in [3.05, 3.63) is 39.9 Å². The van der Waals surface area contributed by atoms with E-state index in [2.05, 4.69) is 5.32 Å². The van der Waals surface area contributed by atoms with Crippen LogP contribution in [0.2, 0.25) is 0 Å².